The summed E-state index contributed by atoms with van der Waals surface area (Å²) in [6.45, 7) is 0.362. The van der Waals surface area contributed by atoms with E-state index in [1.54, 1.807) is 13.2 Å². The number of para-hydroxylation sites is 1. The number of amides is 1. The number of hydrogen-bond donors (Lipinski definition) is 2. The number of methoxy groups -OCH3 is 1. The maximum atomic E-state index is 12.6. The molecule has 3 heterocycles. The molecule has 9 heteroatoms. The van der Waals surface area contributed by atoms with Gasteiger partial charge in [-0.2, -0.15) is 0 Å². The number of aliphatic imine (C=N–C) groups is 1. The van der Waals surface area contributed by atoms with Crippen LogP contribution in [-0.4, -0.2) is 33.8 Å². The normalized spacial score (nSPS) is 15.9. The number of furan rings is 1. The highest BCUT2D eigenvalue weighted by molar-refractivity contribution is 8.18. The molecule has 0 radical (unpaired) electrons. The minimum Gasteiger partial charge on any atom is -0.497 e. The predicted octanol–water partition coefficient (Wildman–Crippen LogP) is 4.88. The van der Waals surface area contributed by atoms with E-state index in [0.29, 0.717) is 28.1 Å². The lowest BCUT2D eigenvalue weighted by atomic mass is 10.1. The number of thioether (sulfide) groups is 1. The minimum atomic E-state index is -1.11. The number of hydrogen-bond acceptors (Lipinski definition) is 6. The molecule has 0 aliphatic carbocycles. The van der Waals surface area contributed by atoms with Gasteiger partial charge in [-0.3, -0.25) is 4.79 Å². The number of ether oxygens (including phenoxy) is 1. The van der Waals surface area contributed by atoms with Gasteiger partial charge in [0.05, 0.1) is 24.2 Å². The molecule has 2 aromatic heterocycles. The van der Waals surface area contributed by atoms with Crippen molar-refractivity contribution in [3.8, 4) is 5.75 Å². The van der Waals surface area contributed by atoms with E-state index in [2.05, 4.69) is 10.3 Å². The monoisotopic (exact) mass is 473 g/mol. The molecule has 0 saturated carbocycles. The third-order valence-electron chi connectivity index (χ3n) is 5.26. The lowest BCUT2D eigenvalue weighted by Crippen LogP contribution is -2.19. The van der Waals surface area contributed by atoms with Gasteiger partial charge in [0, 0.05) is 22.7 Å². The van der Waals surface area contributed by atoms with Gasteiger partial charge in [0.25, 0.3) is 5.91 Å². The topological polar surface area (TPSA) is 106 Å². The van der Waals surface area contributed by atoms with Crippen molar-refractivity contribution in [2.24, 2.45) is 4.99 Å². The highest BCUT2D eigenvalue weighted by Crippen LogP contribution is 2.31. The summed E-state index contributed by atoms with van der Waals surface area (Å²) in [5.41, 5.74) is 2.52. The van der Waals surface area contributed by atoms with Crippen LogP contribution in [0.2, 0.25) is 0 Å². The summed E-state index contributed by atoms with van der Waals surface area (Å²) in [5.74, 6) is -0.162. The zero-order chi connectivity index (χ0) is 23.7. The Balaban J connectivity index is 1.43. The van der Waals surface area contributed by atoms with Crippen molar-refractivity contribution in [3.05, 3.63) is 88.8 Å². The van der Waals surface area contributed by atoms with Crippen molar-refractivity contribution in [1.29, 1.82) is 0 Å². The second-order valence-electron chi connectivity index (χ2n) is 7.48. The molecule has 1 fully saturated rings. The Morgan fingerprint density at radius 2 is 1.97 bits per heavy atom. The van der Waals surface area contributed by atoms with Gasteiger partial charge in [-0.25, -0.2) is 9.79 Å². The summed E-state index contributed by atoms with van der Waals surface area (Å²) in [6.07, 6.45) is 3.76. The van der Waals surface area contributed by atoms with Crippen LogP contribution in [0.5, 0.6) is 5.75 Å². The third-order valence-corrected chi connectivity index (χ3v) is 6.17. The predicted molar refractivity (Wildman–Crippen MR) is 131 cm³/mol. The molecule has 0 unspecified atom stereocenters. The van der Waals surface area contributed by atoms with Gasteiger partial charge in [-0.05, 0) is 60.3 Å². The van der Waals surface area contributed by atoms with Gasteiger partial charge in [0.15, 0.2) is 5.17 Å². The Hall–Kier alpha value is -4.24. The first-order valence-corrected chi connectivity index (χ1v) is 11.2. The van der Waals surface area contributed by atoms with Crippen molar-refractivity contribution >= 4 is 51.5 Å². The van der Waals surface area contributed by atoms with Crippen LogP contribution < -0.4 is 10.1 Å². The lowest BCUT2D eigenvalue weighted by molar-refractivity contribution is -0.115. The fourth-order valence-electron chi connectivity index (χ4n) is 3.66. The second-order valence-corrected chi connectivity index (χ2v) is 8.51. The first-order chi connectivity index (χ1) is 16.5. The number of benzene rings is 2. The quantitative estimate of drug-likeness (QED) is 0.387. The SMILES string of the molecule is COc1ccc(N=C2NC(=O)/C(=C/c3cn(Cc4ccc(C(=O)O)o4)c4ccccc34)S2)cc1. The number of fused-ring (bicyclic) bond motifs is 1. The zero-order valence-corrected chi connectivity index (χ0v) is 18.8. The fourth-order valence-corrected chi connectivity index (χ4v) is 4.50. The maximum absolute atomic E-state index is 12.6. The van der Waals surface area contributed by atoms with Crippen LogP contribution in [0.3, 0.4) is 0 Å². The molecular formula is C25H19N3O5S. The molecule has 0 atom stereocenters. The van der Waals surface area contributed by atoms with Crippen molar-refractivity contribution in [2.75, 3.05) is 7.11 Å². The number of aromatic nitrogens is 1. The van der Waals surface area contributed by atoms with Gasteiger partial charge in [-0.1, -0.05) is 18.2 Å². The van der Waals surface area contributed by atoms with Crippen LogP contribution in [-0.2, 0) is 11.3 Å². The molecule has 0 bridgehead atoms. The van der Waals surface area contributed by atoms with Crippen LogP contribution in [0.15, 0.2) is 81.2 Å². The van der Waals surface area contributed by atoms with Crippen LogP contribution in [0.25, 0.3) is 17.0 Å². The highest BCUT2D eigenvalue weighted by Gasteiger charge is 2.24. The molecule has 170 valence electrons. The molecule has 4 aromatic rings. The smallest absolute Gasteiger partial charge is 0.371 e. The molecule has 2 N–H and O–H groups in total. The summed E-state index contributed by atoms with van der Waals surface area (Å²) in [5, 5.41) is 13.4. The molecule has 8 nitrogen and oxygen atoms in total. The molecule has 2 aromatic carbocycles. The molecule has 1 saturated heterocycles. The number of carboxylic acid groups (broad SMARTS) is 1. The average Bonchev–Trinajstić information content (AvgIpc) is 3.54. The second kappa shape index (κ2) is 8.95. The van der Waals surface area contributed by atoms with Gasteiger partial charge < -0.3 is 24.1 Å². The molecule has 1 amide bonds. The minimum absolute atomic E-state index is 0.100. The number of amidine groups is 1. The first kappa shape index (κ1) is 21.6. The number of carbonyl (C=O) groups is 2. The van der Waals surface area contributed by atoms with Crippen LogP contribution >= 0.6 is 11.8 Å². The van der Waals surface area contributed by atoms with Crippen molar-refractivity contribution in [1.82, 2.24) is 9.88 Å². The average molecular weight is 474 g/mol. The first-order valence-electron chi connectivity index (χ1n) is 10.3. The Morgan fingerprint density at radius 3 is 2.71 bits per heavy atom. The Labute approximate surface area is 198 Å². The van der Waals surface area contributed by atoms with E-state index >= 15 is 0 Å². The summed E-state index contributed by atoms with van der Waals surface area (Å²) < 4.78 is 12.5. The van der Waals surface area contributed by atoms with E-state index in [1.807, 2.05) is 65.4 Å². The largest absolute Gasteiger partial charge is 0.497 e. The van der Waals surface area contributed by atoms with Crippen LogP contribution in [0.1, 0.15) is 21.9 Å². The standard InChI is InChI=1S/C25H19N3O5S/c1-32-17-8-6-16(7-9-17)26-25-27-23(29)22(34-25)12-15-13-28(20-5-3-2-4-19(15)20)14-18-10-11-21(33-18)24(30)31/h2-13H,14H2,1H3,(H,30,31)(H,26,27,29)/b22-12-. The van der Waals surface area contributed by atoms with Crippen molar-refractivity contribution in [3.63, 3.8) is 0 Å². The Kier molecular flexibility index (Phi) is 5.69. The van der Waals surface area contributed by atoms with E-state index in [1.165, 1.54) is 17.8 Å². The molecule has 1 aliphatic heterocycles. The molecule has 5 rings (SSSR count). The van der Waals surface area contributed by atoms with Gasteiger partial charge in [0.1, 0.15) is 11.5 Å². The number of nitrogens with one attached hydrogen (secondary N) is 1. The number of carboxylic acids is 1. The molecule has 1 aliphatic rings. The lowest BCUT2D eigenvalue weighted by Gasteiger charge is -2.02. The van der Waals surface area contributed by atoms with E-state index in [4.69, 9.17) is 14.3 Å². The number of rotatable bonds is 6. The summed E-state index contributed by atoms with van der Waals surface area (Å²) in [6, 6.07) is 18.2. The summed E-state index contributed by atoms with van der Waals surface area (Å²) >= 11 is 1.27. The van der Waals surface area contributed by atoms with Crippen molar-refractivity contribution < 1.29 is 23.8 Å². The van der Waals surface area contributed by atoms with Gasteiger partial charge >= 0.3 is 5.97 Å². The van der Waals surface area contributed by atoms with Crippen LogP contribution in [0.4, 0.5) is 5.69 Å². The fraction of sp³-hybridized carbons (Fsp3) is 0.0800. The molecular weight excluding hydrogens is 454 g/mol. The number of nitrogens with zero attached hydrogens (tertiary/aromatic N) is 2. The highest BCUT2D eigenvalue weighted by atomic mass is 32.2. The van der Waals surface area contributed by atoms with Gasteiger partial charge in [-0.15, -0.1) is 0 Å². The maximum Gasteiger partial charge on any atom is 0.371 e. The van der Waals surface area contributed by atoms with Crippen LogP contribution in [0, 0.1) is 0 Å². The van der Waals surface area contributed by atoms with E-state index in [9.17, 15) is 9.59 Å². The Bertz CT molecular complexity index is 1460. The van der Waals surface area contributed by atoms with E-state index in [-0.39, 0.29) is 11.7 Å². The number of carbonyl (C=O) groups excluding carboxylic acids is 1. The number of aromatic carboxylic acids is 1. The zero-order valence-electron chi connectivity index (χ0n) is 18.0. The third kappa shape index (κ3) is 4.33. The Morgan fingerprint density at radius 1 is 1.18 bits per heavy atom. The summed E-state index contributed by atoms with van der Waals surface area (Å²) in [4.78, 5) is 28.7. The van der Waals surface area contributed by atoms with E-state index < -0.39 is 5.97 Å². The van der Waals surface area contributed by atoms with E-state index in [0.717, 1.165) is 22.2 Å². The summed E-state index contributed by atoms with van der Waals surface area (Å²) in [7, 11) is 1.60. The van der Waals surface area contributed by atoms with Crippen molar-refractivity contribution in [2.45, 2.75) is 6.54 Å². The molecule has 0 spiro atoms. The van der Waals surface area contributed by atoms with Gasteiger partial charge in [0.2, 0.25) is 5.76 Å². The molecule has 34 heavy (non-hydrogen) atoms.